The Balaban J connectivity index is 2.01. The Labute approximate surface area is 121 Å². The smallest absolute Gasteiger partial charge is 0.326 e. The topological polar surface area (TPSA) is 104 Å². The van der Waals surface area contributed by atoms with Crippen LogP contribution >= 0.6 is 0 Å². The largest absolute Gasteiger partial charge is 0.481 e. The highest BCUT2D eigenvalue weighted by molar-refractivity contribution is 5.88. The molecule has 0 radical (unpaired) electrons. The number of carbonyl (C=O) groups excluding carboxylic acids is 1. The first-order valence-electron chi connectivity index (χ1n) is 6.79. The van der Waals surface area contributed by atoms with Crippen molar-refractivity contribution in [1.29, 1.82) is 0 Å². The normalized spacial score (nSPS) is 18.4. The van der Waals surface area contributed by atoms with Crippen LogP contribution in [0.2, 0.25) is 0 Å². The Hall–Kier alpha value is -2.37. The summed E-state index contributed by atoms with van der Waals surface area (Å²) in [5, 5.41) is 19.9. The molecule has 0 saturated carbocycles. The van der Waals surface area contributed by atoms with Gasteiger partial charge in [-0.2, -0.15) is 0 Å². The minimum Gasteiger partial charge on any atom is -0.481 e. The predicted molar refractivity (Wildman–Crippen MR) is 73.8 cm³/mol. The van der Waals surface area contributed by atoms with E-state index >= 15 is 0 Å². The monoisotopic (exact) mass is 291 g/mol. The number of aryl methyl sites for hydroxylation is 1. The molecule has 1 aromatic rings. The van der Waals surface area contributed by atoms with Gasteiger partial charge in [-0.3, -0.25) is 9.59 Å². The molecule has 0 saturated heterocycles. The molecule has 0 aliphatic heterocycles. The van der Waals surface area contributed by atoms with Crippen LogP contribution in [0.5, 0.6) is 0 Å². The van der Waals surface area contributed by atoms with Gasteiger partial charge in [-0.05, 0) is 30.4 Å². The maximum absolute atomic E-state index is 12.1. The molecule has 6 heteroatoms. The first-order valence-corrected chi connectivity index (χ1v) is 6.79. The highest BCUT2D eigenvalue weighted by Crippen LogP contribution is 2.25. The van der Waals surface area contributed by atoms with Gasteiger partial charge in [0.05, 0.1) is 6.42 Å². The predicted octanol–water partition coefficient (Wildman–Crippen LogP) is 0.836. The van der Waals surface area contributed by atoms with E-state index < -0.39 is 30.3 Å². The van der Waals surface area contributed by atoms with Crippen LogP contribution in [0.4, 0.5) is 0 Å². The van der Waals surface area contributed by atoms with Crippen molar-refractivity contribution >= 4 is 17.8 Å². The summed E-state index contributed by atoms with van der Waals surface area (Å²) in [6.45, 7) is 0. The molecule has 1 aromatic carbocycles. The van der Waals surface area contributed by atoms with E-state index in [4.69, 9.17) is 10.2 Å². The number of carboxylic acid groups (broad SMARTS) is 2. The quantitative estimate of drug-likeness (QED) is 0.745. The number of amides is 1. The summed E-state index contributed by atoms with van der Waals surface area (Å²) in [6.07, 6.45) is 1.35. The Morgan fingerprint density at radius 1 is 1.19 bits per heavy atom. The second-order valence-corrected chi connectivity index (χ2v) is 5.21. The van der Waals surface area contributed by atoms with Crippen LogP contribution < -0.4 is 5.32 Å². The van der Waals surface area contributed by atoms with Gasteiger partial charge in [-0.25, -0.2) is 4.79 Å². The lowest BCUT2D eigenvalue weighted by molar-refractivity contribution is -0.147. The third-order valence-corrected chi connectivity index (χ3v) is 3.71. The van der Waals surface area contributed by atoms with Crippen molar-refractivity contribution in [2.45, 2.75) is 31.7 Å². The average molecular weight is 291 g/mol. The van der Waals surface area contributed by atoms with E-state index in [1.165, 1.54) is 5.56 Å². The lowest BCUT2D eigenvalue weighted by Gasteiger charge is -2.25. The number of rotatable bonds is 5. The standard InChI is InChI=1S/C15H17NO5/c17-13(18)8-12(15(20)21)16-14(19)11-6-5-9-3-1-2-4-10(9)7-11/h1-4,11-12H,5-8H2,(H,16,19)(H,17,18)(H,20,21)/t11?,12-/m1/s1. The Morgan fingerprint density at radius 2 is 1.86 bits per heavy atom. The van der Waals surface area contributed by atoms with Crippen molar-refractivity contribution in [2.24, 2.45) is 5.92 Å². The summed E-state index contributed by atoms with van der Waals surface area (Å²) < 4.78 is 0. The van der Waals surface area contributed by atoms with Crippen molar-refractivity contribution in [3.05, 3.63) is 35.4 Å². The Morgan fingerprint density at radius 3 is 2.48 bits per heavy atom. The van der Waals surface area contributed by atoms with Crippen molar-refractivity contribution in [3.8, 4) is 0 Å². The van der Waals surface area contributed by atoms with E-state index in [1.54, 1.807) is 0 Å². The highest BCUT2D eigenvalue weighted by atomic mass is 16.4. The molecule has 2 atom stereocenters. The fraction of sp³-hybridized carbons (Fsp3) is 0.400. The Kier molecular flexibility index (Phi) is 4.57. The zero-order valence-electron chi connectivity index (χ0n) is 11.4. The molecule has 2 rings (SSSR count). The van der Waals surface area contributed by atoms with E-state index in [0.29, 0.717) is 12.8 Å². The van der Waals surface area contributed by atoms with Gasteiger partial charge in [0.1, 0.15) is 6.04 Å². The molecule has 21 heavy (non-hydrogen) atoms. The fourth-order valence-corrected chi connectivity index (χ4v) is 2.59. The fourth-order valence-electron chi connectivity index (χ4n) is 2.59. The van der Waals surface area contributed by atoms with Crippen molar-refractivity contribution in [3.63, 3.8) is 0 Å². The van der Waals surface area contributed by atoms with Gasteiger partial charge in [-0.1, -0.05) is 24.3 Å². The SMILES string of the molecule is O=C(O)C[C@@H](NC(=O)C1CCc2ccccc2C1)C(=O)O. The molecule has 0 spiro atoms. The first kappa shape index (κ1) is 15.0. The summed E-state index contributed by atoms with van der Waals surface area (Å²) in [4.78, 5) is 33.7. The van der Waals surface area contributed by atoms with E-state index in [9.17, 15) is 14.4 Å². The molecule has 0 aromatic heterocycles. The molecule has 1 unspecified atom stereocenters. The third-order valence-electron chi connectivity index (χ3n) is 3.71. The Bertz CT molecular complexity index is 569. The minimum absolute atomic E-state index is 0.310. The molecule has 3 N–H and O–H groups in total. The van der Waals surface area contributed by atoms with Gasteiger partial charge >= 0.3 is 11.9 Å². The van der Waals surface area contributed by atoms with Crippen LogP contribution in [0.15, 0.2) is 24.3 Å². The second kappa shape index (κ2) is 6.39. The van der Waals surface area contributed by atoms with Crippen LogP contribution in [0, 0.1) is 5.92 Å². The zero-order chi connectivity index (χ0) is 15.4. The molecule has 0 fully saturated rings. The van der Waals surface area contributed by atoms with Gasteiger partial charge in [0.25, 0.3) is 0 Å². The van der Waals surface area contributed by atoms with Gasteiger partial charge < -0.3 is 15.5 Å². The van der Waals surface area contributed by atoms with Gasteiger partial charge in [0, 0.05) is 5.92 Å². The number of fused-ring (bicyclic) bond motifs is 1. The van der Waals surface area contributed by atoms with Crippen LogP contribution in [0.25, 0.3) is 0 Å². The van der Waals surface area contributed by atoms with E-state index in [0.717, 1.165) is 12.0 Å². The molecule has 1 amide bonds. The molecule has 1 aliphatic carbocycles. The molecule has 0 bridgehead atoms. The number of nitrogens with one attached hydrogen (secondary N) is 1. The van der Waals surface area contributed by atoms with E-state index in [1.807, 2.05) is 24.3 Å². The minimum atomic E-state index is -1.38. The van der Waals surface area contributed by atoms with Gasteiger partial charge in [0.2, 0.25) is 5.91 Å². The summed E-state index contributed by atoms with van der Waals surface area (Å²) in [7, 11) is 0. The number of carboxylic acids is 2. The molecule has 0 heterocycles. The average Bonchev–Trinajstić information content (AvgIpc) is 2.45. The first-order chi connectivity index (χ1) is 9.97. The maximum atomic E-state index is 12.1. The number of carbonyl (C=O) groups is 3. The van der Waals surface area contributed by atoms with Crippen molar-refractivity contribution in [2.75, 3.05) is 0 Å². The second-order valence-electron chi connectivity index (χ2n) is 5.21. The number of hydrogen-bond donors (Lipinski definition) is 3. The van der Waals surface area contributed by atoms with E-state index in [2.05, 4.69) is 5.32 Å². The highest BCUT2D eigenvalue weighted by Gasteiger charge is 2.29. The molecular weight excluding hydrogens is 274 g/mol. The van der Waals surface area contributed by atoms with Gasteiger partial charge in [-0.15, -0.1) is 0 Å². The van der Waals surface area contributed by atoms with Crippen LogP contribution in [-0.4, -0.2) is 34.1 Å². The molecule has 6 nitrogen and oxygen atoms in total. The van der Waals surface area contributed by atoms with E-state index in [-0.39, 0.29) is 5.92 Å². The van der Waals surface area contributed by atoms with Crippen molar-refractivity contribution in [1.82, 2.24) is 5.32 Å². The molecule has 112 valence electrons. The zero-order valence-corrected chi connectivity index (χ0v) is 11.4. The van der Waals surface area contributed by atoms with Crippen LogP contribution in [0.1, 0.15) is 24.0 Å². The third kappa shape index (κ3) is 3.81. The molecular formula is C15H17NO5. The van der Waals surface area contributed by atoms with Gasteiger partial charge in [0.15, 0.2) is 0 Å². The number of benzene rings is 1. The summed E-state index contributed by atoms with van der Waals surface area (Å²) in [5.74, 6) is -3.28. The molecule has 1 aliphatic rings. The summed E-state index contributed by atoms with van der Waals surface area (Å²) in [6, 6.07) is 6.46. The number of aliphatic carboxylic acids is 2. The van der Waals surface area contributed by atoms with Crippen LogP contribution in [-0.2, 0) is 27.2 Å². The summed E-state index contributed by atoms with van der Waals surface area (Å²) in [5.41, 5.74) is 2.30. The summed E-state index contributed by atoms with van der Waals surface area (Å²) >= 11 is 0. The van der Waals surface area contributed by atoms with Crippen LogP contribution in [0.3, 0.4) is 0 Å². The maximum Gasteiger partial charge on any atom is 0.326 e. The lowest BCUT2D eigenvalue weighted by atomic mass is 9.83. The number of hydrogen-bond acceptors (Lipinski definition) is 3. The van der Waals surface area contributed by atoms with Crippen molar-refractivity contribution < 1.29 is 24.6 Å². The lowest BCUT2D eigenvalue weighted by Crippen LogP contribution is -2.45.